The van der Waals surface area contributed by atoms with E-state index >= 15 is 0 Å². The molecule has 0 amide bonds. The van der Waals surface area contributed by atoms with Crippen LogP contribution in [0, 0.1) is 13.0 Å². The molecule has 22 heavy (non-hydrogen) atoms. The second kappa shape index (κ2) is 5.96. The SMILES string of the molecule is Cc1cc[c-]c(-c2nccc3c2ccc2ccccc23)n1.[Ir]. The van der Waals surface area contributed by atoms with Crippen molar-refractivity contribution in [2.45, 2.75) is 6.92 Å². The van der Waals surface area contributed by atoms with E-state index in [4.69, 9.17) is 0 Å². The van der Waals surface area contributed by atoms with Crippen molar-refractivity contribution in [3.05, 3.63) is 72.6 Å². The molecule has 0 fully saturated rings. The third kappa shape index (κ3) is 2.43. The first-order chi connectivity index (χ1) is 10.3. The van der Waals surface area contributed by atoms with Crippen LogP contribution in [0.25, 0.3) is 32.9 Å². The van der Waals surface area contributed by atoms with E-state index in [1.54, 1.807) is 0 Å². The van der Waals surface area contributed by atoms with Crippen LogP contribution in [0.3, 0.4) is 0 Å². The van der Waals surface area contributed by atoms with Crippen LogP contribution in [0.15, 0.2) is 60.8 Å². The van der Waals surface area contributed by atoms with Crippen LogP contribution in [-0.2, 0) is 20.1 Å². The summed E-state index contributed by atoms with van der Waals surface area (Å²) in [7, 11) is 0. The number of aromatic nitrogens is 2. The molecule has 2 aromatic carbocycles. The number of benzene rings is 2. The van der Waals surface area contributed by atoms with E-state index in [0.717, 1.165) is 22.5 Å². The number of nitrogens with zero attached hydrogens (tertiary/aromatic N) is 2. The maximum atomic E-state index is 4.56. The van der Waals surface area contributed by atoms with Crippen molar-refractivity contribution in [2.24, 2.45) is 0 Å². The van der Waals surface area contributed by atoms with Gasteiger partial charge in [-0.15, -0.1) is 6.07 Å². The smallest absolute Gasteiger partial charge is 0.0131 e. The third-order valence-corrected chi connectivity index (χ3v) is 3.73. The predicted octanol–water partition coefficient (Wildman–Crippen LogP) is 4.56. The van der Waals surface area contributed by atoms with Crippen molar-refractivity contribution in [3.8, 4) is 11.4 Å². The second-order valence-corrected chi connectivity index (χ2v) is 5.12. The van der Waals surface area contributed by atoms with E-state index in [1.165, 1.54) is 16.2 Å². The topological polar surface area (TPSA) is 25.8 Å². The van der Waals surface area contributed by atoms with Gasteiger partial charge < -0.3 is 4.98 Å². The van der Waals surface area contributed by atoms with Crippen molar-refractivity contribution < 1.29 is 20.1 Å². The van der Waals surface area contributed by atoms with Gasteiger partial charge in [-0.25, -0.2) is 0 Å². The van der Waals surface area contributed by atoms with Crippen LogP contribution in [-0.4, -0.2) is 9.97 Å². The minimum Gasteiger partial charge on any atom is -0.317 e. The molecule has 4 aromatic rings. The summed E-state index contributed by atoms with van der Waals surface area (Å²) in [6.07, 6.45) is 1.85. The molecule has 2 aromatic heterocycles. The fraction of sp³-hybridized carbons (Fsp3) is 0.0526. The Hall–Kier alpha value is -2.09. The molecule has 4 rings (SSSR count). The Morgan fingerprint density at radius 3 is 2.59 bits per heavy atom. The van der Waals surface area contributed by atoms with Gasteiger partial charge in [0.2, 0.25) is 0 Å². The Kier molecular flexibility index (Phi) is 4.02. The average molecular weight is 462 g/mol. The molecule has 0 saturated carbocycles. The molecule has 1 radical (unpaired) electrons. The minimum atomic E-state index is 0. The Labute approximate surface area is 142 Å². The average Bonchev–Trinajstić information content (AvgIpc) is 2.54. The van der Waals surface area contributed by atoms with Gasteiger partial charge in [0.05, 0.1) is 0 Å². The monoisotopic (exact) mass is 462 g/mol. The molecule has 0 aliphatic rings. The van der Waals surface area contributed by atoms with Crippen molar-refractivity contribution >= 4 is 21.5 Å². The Morgan fingerprint density at radius 1 is 0.864 bits per heavy atom. The third-order valence-electron chi connectivity index (χ3n) is 3.73. The number of hydrogen-bond donors (Lipinski definition) is 0. The fourth-order valence-electron chi connectivity index (χ4n) is 2.73. The van der Waals surface area contributed by atoms with E-state index in [1.807, 2.05) is 25.3 Å². The number of pyridine rings is 2. The van der Waals surface area contributed by atoms with Gasteiger partial charge in [0, 0.05) is 26.3 Å². The summed E-state index contributed by atoms with van der Waals surface area (Å²) >= 11 is 0. The predicted molar refractivity (Wildman–Crippen MR) is 86.1 cm³/mol. The van der Waals surface area contributed by atoms with Crippen LogP contribution in [0.2, 0.25) is 0 Å². The summed E-state index contributed by atoms with van der Waals surface area (Å²) < 4.78 is 0. The summed E-state index contributed by atoms with van der Waals surface area (Å²) in [5.41, 5.74) is 2.67. The van der Waals surface area contributed by atoms with Gasteiger partial charge in [0.1, 0.15) is 0 Å². The molecule has 0 aliphatic heterocycles. The first-order valence-electron chi connectivity index (χ1n) is 6.95. The maximum absolute atomic E-state index is 4.56. The molecule has 0 saturated heterocycles. The molecule has 2 heterocycles. The molecule has 0 N–H and O–H groups in total. The van der Waals surface area contributed by atoms with Crippen LogP contribution in [0.4, 0.5) is 0 Å². The summed E-state index contributed by atoms with van der Waals surface area (Å²) in [5.74, 6) is 0. The molecule has 0 atom stereocenters. The van der Waals surface area contributed by atoms with E-state index < -0.39 is 0 Å². The van der Waals surface area contributed by atoms with E-state index in [9.17, 15) is 0 Å². The zero-order valence-corrected chi connectivity index (χ0v) is 14.4. The van der Waals surface area contributed by atoms with Gasteiger partial charge in [-0.05, 0) is 51.6 Å². The van der Waals surface area contributed by atoms with Crippen molar-refractivity contribution in [1.29, 1.82) is 0 Å². The van der Waals surface area contributed by atoms with Crippen LogP contribution in [0.5, 0.6) is 0 Å². The van der Waals surface area contributed by atoms with Gasteiger partial charge in [0.25, 0.3) is 0 Å². The zero-order valence-electron chi connectivity index (χ0n) is 12.0. The van der Waals surface area contributed by atoms with Crippen molar-refractivity contribution in [1.82, 2.24) is 9.97 Å². The van der Waals surface area contributed by atoms with E-state index in [0.29, 0.717) is 0 Å². The molecule has 109 valence electrons. The quantitative estimate of drug-likeness (QED) is 0.307. The fourth-order valence-corrected chi connectivity index (χ4v) is 2.73. The Morgan fingerprint density at radius 2 is 1.73 bits per heavy atom. The molecule has 0 unspecified atom stereocenters. The number of fused-ring (bicyclic) bond motifs is 3. The summed E-state index contributed by atoms with van der Waals surface area (Å²) in [6.45, 7) is 1.98. The van der Waals surface area contributed by atoms with Crippen molar-refractivity contribution in [2.75, 3.05) is 0 Å². The summed E-state index contributed by atoms with van der Waals surface area (Å²) in [4.78, 5) is 9.09. The van der Waals surface area contributed by atoms with Gasteiger partial charge in [-0.2, -0.15) is 12.1 Å². The van der Waals surface area contributed by atoms with Gasteiger partial charge in [0.15, 0.2) is 0 Å². The molecular weight excluding hydrogens is 448 g/mol. The Balaban J connectivity index is 0.00000144. The largest absolute Gasteiger partial charge is 0.317 e. The van der Waals surface area contributed by atoms with Crippen molar-refractivity contribution in [3.63, 3.8) is 0 Å². The maximum Gasteiger partial charge on any atom is 0.0131 e. The molecule has 0 aliphatic carbocycles. The minimum absolute atomic E-state index is 0. The Bertz CT molecular complexity index is 963. The molecule has 3 heteroatoms. The first kappa shape index (κ1) is 14.8. The zero-order chi connectivity index (χ0) is 14.2. The number of aryl methyl sites for hydroxylation is 1. The molecule has 0 bridgehead atoms. The van der Waals surface area contributed by atoms with Crippen LogP contribution < -0.4 is 0 Å². The van der Waals surface area contributed by atoms with Crippen LogP contribution in [0.1, 0.15) is 5.69 Å². The molecular formula is C19H13IrN2-. The van der Waals surface area contributed by atoms with Gasteiger partial charge in [-0.3, -0.25) is 4.98 Å². The molecule has 2 nitrogen and oxygen atoms in total. The van der Waals surface area contributed by atoms with Crippen LogP contribution >= 0.6 is 0 Å². The summed E-state index contributed by atoms with van der Waals surface area (Å²) in [5, 5.41) is 4.80. The second-order valence-electron chi connectivity index (χ2n) is 5.12. The first-order valence-corrected chi connectivity index (χ1v) is 6.95. The standard InChI is InChI=1S/C19H13N2.Ir/c1-13-5-4-8-18(21-13)19-17-10-9-14-6-2-3-7-15(14)16(17)11-12-20-19;/h2-7,9-12H,1H3;/q-1;. The number of hydrogen-bond acceptors (Lipinski definition) is 2. The van der Waals surface area contributed by atoms with Gasteiger partial charge in [-0.1, -0.05) is 36.4 Å². The van der Waals surface area contributed by atoms with E-state index in [2.05, 4.69) is 58.5 Å². The van der Waals surface area contributed by atoms with Gasteiger partial charge >= 0.3 is 0 Å². The normalized spacial score (nSPS) is 10.6. The molecule has 0 spiro atoms. The van der Waals surface area contributed by atoms with E-state index in [-0.39, 0.29) is 20.1 Å². The summed E-state index contributed by atoms with van der Waals surface area (Å²) in [6, 6.07) is 21.8. The number of rotatable bonds is 1.